The summed E-state index contributed by atoms with van der Waals surface area (Å²) in [5, 5.41) is 0. The highest BCUT2D eigenvalue weighted by Gasteiger charge is 2.19. The molecule has 0 spiro atoms. The smallest absolute Gasteiger partial charge is 0.306 e. The van der Waals surface area contributed by atoms with Crippen molar-refractivity contribution in [1.29, 1.82) is 0 Å². The van der Waals surface area contributed by atoms with Crippen molar-refractivity contribution in [3.63, 3.8) is 0 Å². The molecule has 73 heavy (non-hydrogen) atoms. The van der Waals surface area contributed by atoms with Crippen molar-refractivity contribution in [2.45, 2.75) is 309 Å². The summed E-state index contributed by atoms with van der Waals surface area (Å²) in [6.07, 6.45) is 80.1. The molecule has 0 aliphatic carbocycles. The molecular formula is C67H116O6. The Morgan fingerprint density at radius 3 is 0.945 bits per heavy atom. The van der Waals surface area contributed by atoms with Gasteiger partial charge in [-0.05, 0) is 109 Å². The molecule has 6 heteroatoms. The average molecular weight is 1020 g/mol. The molecule has 0 N–H and O–H groups in total. The summed E-state index contributed by atoms with van der Waals surface area (Å²) in [6.45, 7) is 6.56. The van der Waals surface area contributed by atoms with Crippen LogP contribution in [0.1, 0.15) is 303 Å². The molecule has 0 saturated carbocycles. The minimum atomic E-state index is -0.804. The van der Waals surface area contributed by atoms with Crippen LogP contribution in [0.5, 0.6) is 0 Å². The van der Waals surface area contributed by atoms with E-state index >= 15 is 0 Å². The van der Waals surface area contributed by atoms with E-state index < -0.39 is 6.10 Å². The molecule has 0 bridgehead atoms. The van der Waals surface area contributed by atoms with Gasteiger partial charge in [-0.3, -0.25) is 14.4 Å². The number of rotatable bonds is 56. The van der Waals surface area contributed by atoms with E-state index in [1.807, 2.05) is 0 Å². The first kappa shape index (κ1) is 69.6. The second-order valence-electron chi connectivity index (χ2n) is 20.6. The molecule has 0 fully saturated rings. The largest absolute Gasteiger partial charge is 0.462 e. The van der Waals surface area contributed by atoms with Crippen molar-refractivity contribution in [1.82, 2.24) is 0 Å². The SMILES string of the molecule is CCCCC/C=C\C=C/CCCCCCCCCCCCC(=O)OCC(COC(=O)CCC/C=C\C/C=C\C/C=C\C/C=C\CCCCC)OC(=O)CCCCCCCCC/C=C\CCCCCCCCCC. The zero-order chi connectivity index (χ0) is 52.9. The number of esters is 3. The van der Waals surface area contributed by atoms with Crippen molar-refractivity contribution >= 4 is 17.9 Å². The monoisotopic (exact) mass is 1020 g/mol. The lowest BCUT2D eigenvalue weighted by atomic mass is 10.1. The second kappa shape index (κ2) is 61.1. The molecule has 0 saturated heterocycles. The van der Waals surface area contributed by atoms with Gasteiger partial charge in [0.1, 0.15) is 13.2 Å². The highest BCUT2D eigenvalue weighted by Crippen LogP contribution is 2.15. The highest BCUT2D eigenvalue weighted by molar-refractivity contribution is 5.71. The molecule has 1 atom stereocenters. The second-order valence-corrected chi connectivity index (χ2v) is 20.6. The molecule has 0 rings (SSSR count). The molecule has 1 unspecified atom stereocenters. The van der Waals surface area contributed by atoms with E-state index in [0.29, 0.717) is 19.3 Å². The van der Waals surface area contributed by atoms with E-state index in [1.165, 1.54) is 193 Å². The number of allylic oxidation sites excluding steroid dienone is 14. The van der Waals surface area contributed by atoms with Gasteiger partial charge in [0.05, 0.1) is 0 Å². The Morgan fingerprint density at radius 2 is 0.548 bits per heavy atom. The maximum Gasteiger partial charge on any atom is 0.306 e. The van der Waals surface area contributed by atoms with Crippen LogP contribution >= 0.6 is 0 Å². The van der Waals surface area contributed by atoms with Gasteiger partial charge in [-0.25, -0.2) is 0 Å². The summed E-state index contributed by atoms with van der Waals surface area (Å²) in [6, 6.07) is 0. The van der Waals surface area contributed by atoms with E-state index in [4.69, 9.17) is 14.2 Å². The molecular weight excluding hydrogens is 901 g/mol. The summed E-state index contributed by atoms with van der Waals surface area (Å²) in [4.78, 5) is 38.3. The van der Waals surface area contributed by atoms with Crippen LogP contribution in [-0.2, 0) is 28.6 Å². The lowest BCUT2D eigenvalue weighted by molar-refractivity contribution is -0.167. The molecule has 420 valence electrons. The molecule has 0 aromatic heterocycles. The third-order valence-corrected chi connectivity index (χ3v) is 13.4. The van der Waals surface area contributed by atoms with Crippen molar-refractivity contribution < 1.29 is 28.6 Å². The summed E-state index contributed by atoms with van der Waals surface area (Å²) >= 11 is 0. The maximum absolute atomic E-state index is 12.9. The van der Waals surface area contributed by atoms with Gasteiger partial charge < -0.3 is 14.2 Å². The normalized spacial score (nSPS) is 12.6. The lowest BCUT2D eigenvalue weighted by Crippen LogP contribution is -2.30. The van der Waals surface area contributed by atoms with Crippen LogP contribution in [0.15, 0.2) is 85.1 Å². The first-order valence-electron chi connectivity index (χ1n) is 31.1. The number of unbranched alkanes of at least 4 members (excludes halogenated alkanes) is 32. The predicted octanol–water partition coefficient (Wildman–Crippen LogP) is 21.1. The molecule has 0 aliphatic heterocycles. The van der Waals surface area contributed by atoms with Gasteiger partial charge in [0, 0.05) is 19.3 Å². The quantitative estimate of drug-likeness (QED) is 0.0199. The van der Waals surface area contributed by atoms with Crippen LogP contribution in [0.25, 0.3) is 0 Å². The predicted molar refractivity (Wildman–Crippen MR) is 316 cm³/mol. The van der Waals surface area contributed by atoms with Gasteiger partial charge in [0.2, 0.25) is 0 Å². The molecule has 0 aliphatic rings. The third kappa shape index (κ3) is 59.3. The van der Waals surface area contributed by atoms with Gasteiger partial charge >= 0.3 is 17.9 Å². The lowest BCUT2D eigenvalue weighted by Gasteiger charge is -2.18. The van der Waals surface area contributed by atoms with Crippen LogP contribution in [0.4, 0.5) is 0 Å². The summed E-state index contributed by atoms with van der Waals surface area (Å²) in [5.74, 6) is -0.952. The van der Waals surface area contributed by atoms with Crippen LogP contribution in [0, 0.1) is 0 Å². The van der Waals surface area contributed by atoms with Gasteiger partial charge in [-0.2, -0.15) is 0 Å². The van der Waals surface area contributed by atoms with Gasteiger partial charge in [-0.1, -0.05) is 260 Å². The van der Waals surface area contributed by atoms with Crippen molar-refractivity contribution in [2.24, 2.45) is 0 Å². The Kier molecular flexibility index (Phi) is 58.3. The molecule has 0 aromatic carbocycles. The Balaban J connectivity index is 4.45. The maximum atomic E-state index is 12.9. The number of hydrogen-bond acceptors (Lipinski definition) is 6. The molecule has 0 radical (unpaired) electrons. The van der Waals surface area contributed by atoms with Gasteiger partial charge in [0.15, 0.2) is 6.10 Å². The standard InChI is InChI=1S/C67H116O6/c1-4-7-10-13-16-19-22-25-28-31-33-36-39-42-45-48-51-54-57-60-66(69)72-63-64(62-71-65(68)59-56-53-50-47-44-41-38-35-30-27-24-21-18-15-12-9-6-3)73-67(70)61-58-55-52-49-46-43-40-37-34-32-29-26-23-20-17-14-11-8-5-2/h16,18-19,21-22,25,27,30,32,34,38,41,47,50,64H,4-15,17,20,23-24,26,28-29,31,33,35-37,39-40,42-46,48-49,51-63H2,1-3H3/b19-16-,21-18-,25-22-,30-27-,34-32-,41-38-,50-47-. The Hall–Kier alpha value is -3.41. The van der Waals surface area contributed by atoms with Crippen molar-refractivity contribution in [3.05, 3.63) is 85.1 Å². The third-order valence-electron chi connectivity index (χ3n) is 13.4. The Labute approximate surface area is 452 Å². The minimum Gasteiger partial charge on any atom is -0.462 e. The summed E-state index contributed by atoms with van der Waals surface area (Å²) < 4.78 is 16.9. The van der Waals surface area contributed by atoms with Gasteiger partial charge in [0.25, 0.3) is 0 Å². The topological polar surface area (TPSA) is 78.9 Å². The van der Waals surface area contributed by atoms with Crippen LogP contribution in [0.3, 0.4) is 0 Å². The van der Waals surface area contributed by atoms with Gasteiger partial charge in [-0.15, -0.1) is 0 Å². The molecule has 0 amide bonds. The number of hydrogen-bond donors (Lipinski definition) is 0. The van der Waals surface area contributed by atoms with E-state index in [-0.39, 0.29) is 37.5 Å². The van der Waals surface area contributed by atoms with E-state index in [0.717, 1.165) is 64.2 Å². The van der Waals surface area contributed by atoms with Crippen LogP contribution in [-0.4, -0.2) is 37.2 Å². The molecule has 6 nitrogen and oxygen atoms in total. The van der Waals surface area contributed by atoms with Crippen LogP contribution < -0.4 is 0 Å². The summed E-state index contributed by atoms with van der Waals surface area (Å²) in [5.41, 5.74) is 0. The first-order chi connectivity index (χ1) is 36.0. The van der Waals surface area contributed by atoms with E-state index in [1.54, 1.807) is 0 Å². The average Bonchev–Trinajstić information content (AvgIpc) is 3.39. The van der Waals surface area contributed by atoms with E-state index in [9.17, 15) is 14.4 Å². The highest BCUT2D eigenvalue weighted by atomic mass is 16.6. The minimum absolute atomic E-state index is 0.0963. The Bertz CT molecular complexity index is 1400. The number of carbonyl (C=O) groups is 3. The summed E-state index contributed by atoms with van der Waals surface area (Å²) in [7, 11) is 0. The van der Waals surface area contributed by atoms with E-state index in [2.05, 4.69) is 106 Å². The molecule has 0 heterocycles. The number of carbonyl (C=O) groups excluding carboxylic acids is 3. The fourth-order valence-corrected chi connectivity index (χ4v) is 8.66. The molecule has 0 aromatic rings. The zero-order valence-corrected chi connectivity index (χ0v) is 48.1. The zero-order valence-electron chi connectivity index (χ0n) is 48.1. The Morgan fingerprint density at radius 1 is 0.288 bits per heavy atom. The number of ether oxygens (including phenoxy) is 3. The van der Waals surface area contributed by atoms with Crippen LogP contribution in [0.2, 0.25) is 0 Å². The first-order valence-corrected chi connectivity index (χ1v) is 31.1. The fraction of sp³-hybridized carbons (Fsp3) is 0.746. The fourth-order valence-electron chi connectivity index (χ4n) is 8.66. The van der Waals surface area contributed by atoms with Crippen molar-refractivity contribution in [3.8, 4) is 0 Å². The van der Waals surface area contributed by atoms with Crippen molar-refractivity contribution in [2.75, 3.05) is 13.2 Å².